The molecule has 0 radical (unpaired) electrons. The maximum Gasteiger partial charge on any atom is 0.263 e. The second-order valence-electron chi connectivity index (χ2n) is 6.33. The highest BCUT2D eigenvalue weighted by atomic mass is 32.2. The molecule has 0 unspecified atom stereocenters. The van der Waals surface area contributed by atoms with Gasteiger partial charge in [-0.2, -0.15) is 0 Å². The first-order chi connectivity index (χ1) is 14.1. The van der Waals surface area contributed by atoms with Crippen LogP contribution in [0.1, 0.15) is 6.92 Å². The first kappa shape index (κ1) is 19.9. The van der Waals surface area contributed by atoms with Crippen molar-refractivity contribution in [2.45, 2.75) is 18.6 Å². The van der Waals surface area contributed by atoms with E-state index in [9.17, 15) is 9.59 Å². The molecule has 3 aromatic heterocycles. The van der Waals surface area contributed by atoms with E-state index in [0.29, 0.717) is 17.1 Å². The first-order valence-electron chi connectivity index (χ1n) is 9.10. The van der Waals surface area contributed by atoms with Gasteiger partial charge in [-0.1, -0.05) is 36.0 Å². The fourth-order valence-electron chi connectivity index (χ4n) is 3.03. The van der Waals surface area contributed by atoms with Crippen molar-refractivity contribution < 1.29 is 4.79 Å². The van der Waals surface area contributed by atoms with Crippen molar-refractivity contribution in [2.75, 3.05) is 17.7 Å². The van der Waals surface area contributed by atoms with E-state index in [1.54, 1.807) is 27.9 Å². The summed E-state index contributed by atoms with van der Waals surface area (Å²) in [6.07, 6.45) is 0. The van der Waals surface area contributed by atoms with Crippen molar-refractivity contribution in [2.24, 2.45) is 0 Å². The lowest BCUT2D eigenvalue weighted by Gasteiger charge is -2.17. The average Bonchev–Trinajstić information content (AvgIpc) is 3.42. The molecule has 4 rings (SSSR count). The van der Waals surface area contributed by atoms with Crippen molar-refractivity contribution >= 4 is 56.2 Å². The zero-order valence-corrected chi connectivity index (χ0v) is 18.4. The third-order valence-corrected chi connectivity index (χ3v) is 7.34. The Balaban J connectivity index is 1.63. The zero-order chi connectivity index (χ0) is 20.4. The SMILES string of the molecule is CCn1c(SCC(=O)N(C)c2ccccc2)nc2scc(-c3cccs3)c2c1=O. The van der Waals surface area contributed by atoms with E-state index < -0.39 is 0 Å². The molecule has 0 atom stereocenters. The largest absolute Gasteiger partial charge is 0.315 e. The summed E-state index contributed by atoms with van der Waals surface area (Å²) in [5.74, 6) is 0.176. The van der Waals surface area contributed by atoms with Gasteiger partial charge in [-0.3, -0.25) is 14.2 Å². The number of para-hydroxylation sites is 1. The number of aromatic nitrogens is 2. The van der Waals surface area contributed by atoms with Crippen molar-refractivity contribution in [3.8, 4) is 10.4 Å². The highest BCUT2D eigenvalue weighted by Gasteiger charge is 2.19. The number of hydrogen-bond acceptors (Lipinski definition) is 6. The number of anilines is 1. The molecule has 1 aromatic carbocycles. The number of fused-ring (bicyclic) bond motifs is 1. The Morgan fingerprint density at radius 2 is 1.97 bits per heavy atom. The molecule has 8 heteroatoms. The van der Waals surface area contributed by atoms with E-state index in [1.807, 2.05) is 60.1 Å². The number of carbonyl (C=O) groups excluding carboxylic acids is 1. The van der Waals surface area contributed by atoms with Gasteiger partial charge in [-0.15, -0.1) is 22.7 Å². The minimum Gasteiger partial charge on any atom is -0.315 e. The molecule has 0 bridgehead atoms. The number of thiophene rings is 2. The lowest BCUT2D eigenvalue weighted by atomic mass is 10.2. The lowest BCUT2D eigenvalue weighted by molar-refractivity contribution is -0.115. The molecule has 0 aliphatic carbocycles. The molecule has 148 valence electrons. The number of amides is 1. The van der Waals surface area contributed by atoms with E-state index >= 15 is 0 Å². The molecule has 0 saturated heterocycles. The average molecular weight is 442 g/mol. The van der Waals surface area contributed by atoms with Crippen LogP contribution >= 0.6 is 34.4 Å². The topological polar surface area (TPSA) is 55.2 Å². The molecular formula is C21H19N3O2S3. The van der Waals surface area contributed by atoms with Crippen LogP contribution in [0.5, 0.6) is 0 Å². The molecule has 0 spiro atoms. The summed E-state index contributed by atoms with van der Waals surface area (Å²) in [6.45, 7) is 2.43. The highest BCUT2D eigenvalue weighted by Crippen LogP contribution is 2.34. The number of hydrogen-bond donors (Lipinski definition) is 0. The Labute approximate surface area is 180 Å². The summed E-state index contributed by atoms with van der Waals surface area (Å²) in [5, 5.41) is 5.24. The summed E-state index contributed by atoms with van der Waals surface area (Å²) < 4.78 is 1.66. The minimum absolute atomic E-state index is 0.0383. The predicted octanol–water partition coefficient (Wildman–Crippen LogP) is 4.96. The Bertz CT molecular complexity index is 1200. The molecule has 29 heavy (non-hydrogen) atoms. The summed E-state index contributed by atoms with van der Waals surface area (Å²) in [5.41, 5.74) is 1.73. The van der Waals surface area contributed by atoms with Gasteiger partial charge in [0.05, 0.1) is 11.1 Å². The highest BCUT2D eigenvalue weighted by molar-refractivity contribution is 7.99. The van der Waals surface area contributed by atoms with Crippen LogP contribution in [-0.2, 0) is 11.3 Å². The van der Waals surface area contributed by atoms with Gasteiger partial charge >= 0.3 is 0 Å². The summed E-state index contributed by atoms with van der Waals surface area (Å²) >= 11 is 4.39. The second kappa shape index (κ2) is 8.52. The normalized spacial score (nSPS) is 11.1. The number of carbonyl (C=O) groups is 1. The first-order valence-corrected chi connectivity index (χ1v) is 11.8. The van der Waals surface area contributed by atoms with Crippen molar-refractivity contribution in [1.82, 2.24) is 9.55 Å². The number of rotatable bonds is 6. The van der Waals surface area contributed by atoms with Crippen molar-refractivity contribution in [3.05, 3.63) is 63.6 Å². The fraction of sp³-hybridized carbons (Fsp3) is 0.190. The van der Waals surface area contributed by atoms with Gasteiger partial charge < -0.3 is 4.90 Å². The van der Waals surface area contributed by atoms with Crippen molar-refractivity contribution in [3.63, 3.8) is 0 Å². The molecular weight excluding hydrogens is 422 g/mol. The van der Waals surface area contributed by atoms with Crippen LogP contribution in [0.15, 0.2) is 63.2 Å². The Hall–Kier alpha value is -2.42. The van der Waals surface area contributed by atoms with E-state index in [0.717, 1.165) is 21.0 Å². The van der Waals surface area contributed by atoms with Gasteiger partial charge in [0.2, 0.25) is 5.91 Å². The maximum absolute atomic E-state index is 13.2. The molecule has 0 aliphatic heterocycles. The number of benzene rings is 1. The third kappa shape index (κ3) is 3.88. The van der Waals surface area contributed by atoms with Crippen LogP contribution in [0.2, 0.25) is 0 Å². The third-order valence-electron chi connectivity index (χ3n) is 4.60. The minimum atomic E-state index is -0.0477. The van der Waals surface area contributed by atoms with E-state index in [4.69, 9.17) is 4.98 Å². The van der Waals surface area contributed by atoms with Crippen LogP contribution in [0.4, 0.5) is 5.69 Å². The van der Waals surface area contributed by atoms with Gasteiger partial charge in [0.15, 0.2) is 5.16 Å². The predicted molar refractivity (Wildman–Crippen MR) is 123 cm³/mol. The molecule has 1 amide bonds. The lowest BCUT2D eigenvalue weighted by Crippen LogP contribution is -2.28. The van der Waals surface area contributed by atoms with Crippen LogP contribution < -0.4 is 10.5 Å². The standard InChI is InChI=1S/C21H19N3O2S3/c1-3-24-20(26)18-15(16-10-7-11-27-16)12-28-19(18)22-21(24)29-13-17(25)23(2)14-8-5-4-6-9-14/h4-12H,3,13H2,1-2H3. The smallest absolute Gasteiger partial charge is 0.263 e. The van der Waals surface area contributed by atoms with Gasteiger partial charge in [0.25, 0.3) is 5.56 Å². The molecule has 5 nitrogen and oxygen atoms in total. The Morgan fingerprint density at radius 1 is 1.17 bits per heavy atom. The van der Waals surface area contributed by atoms with Gasteiger partial charge in [0.1, 0.15) is 4.83 Å². The fourth-order valence-corrected chi connectivity index (χ4v) is 5.81. The van der Waals surface area contributed by atoms with Gasteiger partial charge in [-0.05, 0) is 30.5 Å². The Morgan fingerprint density at radius 3 is 2.66 bits per heavy atom. The monoisotopic (exact) mass is 441 g/mol. The maximum atomic E-state index is 13.2. The van der Waals surface area contributed by atoms with E-state index in [2.05, 4.69) is 0 Å². The molecule has 0 fully saturated rings. The van der Waals surface area contributed by atoms with Gasteiger partial charge in [-0.25, -0.2) is 4.98 Å². The molecule has 3 heterocycles. The van der Waals surface area contributed by atoms with Crippen LogP contribution in [-0.4, -0.2) is 28.3 Å². The van der Waals surface area contributed by atoms with Crippen LogP contribution in [0.3, 0.4) is 0 Å². The number of thioether (sulfide) groups is 1. The second-order valence-corrected chi connectivity index (χ2v) is 9.08. The number of nitrogens with zero attached hydrogens (tertiary/aromatic N) is 3. The molecule has 4 aromatic rings. The summed E-state index contributed by atoms with van der Waals surface area (Å²) in [7, 11) is 1.76. The Kier molecular flexibility index (Phi) is 5.84. The van der Waals surface area contributed by atoms with Crippen molar-refractivity contribution in [1.29, 1.82) is 0 Å². The van der Waals surface area contributed by atoms with Gasteiger partial charge in [0, 0.05) is 35.1 Å². The zero-order valence-electron chi connectivity index (χ0n) is 16.0. The van der Waals surface area contributed by atoms with E-state index in [-0.39, 0.29) is 17.2 Å². The van der Waals surface area contributed by atoms with Crippen LogP contribution in [0, 0.1) is 0 Å². The summed E-state index contributed by atoms with van der Waals surface area (Å²) in [6, 6.07) is 13.5. The molecule has 0 aliphatic rings. The van der Waals surface area contributed by atoms with E-state index in [1.165, 1.54) is 23.1 Å². The van der Waals surface area contributed by atoms with Crippen LogP contribution in [0.25, 0.3) is 20.7 Å². The molecule has 0 saturated carbocycles. The molecule has 0 N–H and O–H groups in total. The quantitative estimate of drug-likeness (QED) is 0.313. The summed E-state index contributed by atoms with van der Waals surface area (Å²) in [4.78, 5) is 33.9.